The Morgan fingerprint density at radius 2 is 1.87 bits per heavy atom. The molecule has 1 atom stereocenters. The second-order valence-corrected chi connectivity index (χ2v) is 11.0. The summed E-state index contributed by atoms with van der Waals surface area (Å²) in [7, 11) is 1.56. The quantitative estimate of drug-likeness (QED) is 0.179. The molecule has 5 nitrogen and oxygen atoms in total. The third kappa shape index (κ3) is 6.42. The van der Waals surface area contributed by atoms with Gasteiger partial charge in [0.1, 0.15) is 11.9 Å². The molecule has 0 unspecified atom stereocenters. The number of benzene rings is 2. The number of alkyl halides is 1. The number of methoxy groups -OCH3 is 1. The van der Waals surface area contributed by atoms with Gasteiger partial charge in [-0.1, -0.05) is 0 Å². The van der Waals surface area contributed by atoms with E-state index in [9.17, 15) is 18.3 Å². The molecular weight excluding hydrogens is 518 g/mol. The molecule has 1 aliphatic rings. The Morgan fingerprint density at radius 1 is 1.16 bits per heavy atom. The fraction of sp³-hybridized carbons (Fsp3) is 0.464. The number of hydrogen-bond acceptors (Lipinski definition) is 6. The summed E-state index contributed by atoms with van der Waals surface area (Å²) in [6.07, 6.45) is 2.58. The van der Waals surface area contributed by atoms with Crippen molar-refractivity contribution in [2.75, 3.05) is 39.1 Å². The van der Waals surface area contributed by atoms with Crippen molar-refractivity contribution in [2.45, 2.75) is 43.3 Å². The summed E-state index contributed by atoms with van der Waals surface area (Å²) in [6.45, 7) is 2.29. The number of halogens is 4. The molecule has 0 bridgehead atoms. The summed E-state index contributed by atoms with van der Waals surface area (Å²) in [5.74, 6) is -2.64. The van der Waals surface area contributed by atoms with Crippen molar-refractivity contribution in [2.24, 2.45) is 11.1 Å². The normalized spacial score (nSPS) is 16.6. The van der Waals surface area contributed by atoms with Gasteiger partial charge in [-0.3, -0.25) is 4.98 Å². The van der Waals surface area contributed by atoms with Gasteiger partial charge in [0.05, 0.1) is 12.6 Å². The van der Waals surface area contributed by atoms with Crippen molar-refractivity contribution in [1.29, 1.82) is 0 Å². The average Bonchev–Trinajstić information content (AvgIpc) is 2.94. The molecule has 2 aromatic carbocycles. The van der Waals surface area contributed by atoms with Crippen molar-refractivity contribution >= 4 is 22.7 Å². The molecule has 2 heterocycles. The van der Waals surface area contributed by atoms with E-state index in [2.05, 4.69) is 9.88 Å². The standard InChI is InChI=1S/C28H33F4N3O2S/c1-37-19-2-3-25-21(12-19)26(18(15-33)16-34-25)22(29)4-5-28(17-36)6-8-35(9-7-28)10-11-38-20-13-23(30)27(32)24(31)14-20/h2-3,12-14,16,22,36H,4-11,15,17,33H2,1H3/t22-/m1/s1. The van der Waals surface area contributed by atoms with E-state index in [1.165, 1.54) is 11.8 Å². The first kappa shape index (κ1) is 28.6. The highest BCUT2D eigenvalue weighted by molar-refractivity contribution is 7.99. The van der Waals surface area contributed by atoms with Crippen LogP contribution < -0.4 is 10.5 Å². The number of aromatic nitrogens is 1. The number of fused-ring (bicyclic) bond motifs is 1. The first-order valence-electron chi connectivity index (χ1n) is 12.7. The molecule has 0 spiro atoms. The fourth-order valence-electron chi connectivity index (χ4n) is 5.12. The summed E-state index contributed by atoms with van der Waals surface area (Å²) < 4.78 is 61.1. The Balaban J connectivity index is 1.34. The SMILES string of the molecule is COc1ccc2ncc(CN)c([C@H](F)CCC3(CO)CCN(CCSc4cc(F)c(F)c(F)c4)CC3)c2c1. The van der Waals surface area contributed by atoms with Gasteiger partial charge in [0.15, 0.2) is 17.5 Å². The lowest BCUT2D eigenvalue weighted by molar-refractivity contribution is 0.0322. The van der Waals surface area contributed by atoms with E-state index in [-0.39, 0.29) is 25.0 Å². The van der Waals surface area contributed by atoms with Crippen LogP contribution in [-0.4, -0.2) is 54.1 Å². The van der Waals surface area contributed by atoms with Crippen LogP contribution in [0.5, 0.6) is 5.75 Å². The molecule has 0 amide bonds. The molecular formula is C28H33F4N3O2S. The Labute approximate surface area is 224 Å². The molecule has 10 heteroatoms. The minimum Gasteiger partial charge on any atom is -0.497 e. The van der Waals surface area contributed by atoms with Crippen LogP contribution in [0, 0.1) is 22.9 Å². The molecule has 1 aromatic heterocycles. The fourth-order valence-corrected chi connectivity index (χ4v) is 6.08. The van der Waals surface area contributed by atoms with Gasteiger partial charge in [0.25, 0.3) is 0 Å². The van der Waals surface area contributed by atoms with Gasteiger partial charge in [0, 0.05) is 47.5 Å². The number of aliphatic hydroxyl groups excluding tert-OH is 1. The number of likely N-dealkylation sites (tertiary alicyclic amines) is 1. The lowest BCUT2D eigenvalue weighted by Gasteiger charge is -2.41. The highest BCUT2D eigenvalue weighted by Crippen LogP contribution is 2.41. The van der Waals surface area contributed by atoms with Crippen molar-refractivity contribution in [3.05, 3.63) is 65.1 Å². The summed E-state index contributed by atoms with van der Waals surface area (Å²) >= 11 is 1.26. The molecule has 3 N–H and O–H groups in total. The minimum absolute atomic E-state index is 0.0227. The number of nitrogens with two attached hydrogens (primary N) is 1. The van der Waals surface area contributed by atoms with E-state index in [4.69, 9.17) is 10.5 Å². The van der Waals surface area contributed by atoms with E-state index in [1.807, 2.05) is 0 Å². The number of piperidine rings is 1. The number of thioether (sulfide) groups is 1. The summed E-state index contributed by atoms with van der Waals surface area (Å²) in [5.41, 5.74) is 7.41. The van der Waals surface area contributed by atoms with Crippen LogP contribution in [-0.2, 0) is 6.54 Å². The van der Waals surface area contributed by atoms with Crippen molar-refractivity contribution in [3.8, 4) is 5.75 Å². The van der Waals surface area contributed by atoms with Crippen LogP contribution in [0.15, 0.2) is 41.4 Å². The summed E-state index contributed by atoms with van der Waals surface area (Å²) in [4.78, 5) is 6.98. The molecule has 1 saturated heterocycles. The van der Waals surface area contributed by atoms with Crippen molar-refractivity contribution < 1.29 is 27.4 Å². The summed E-state index contributed by atoms with van der Waals surface area (Å²) in [6, 6.07) is 7.38. The summed E-state index contributed by atoms with van der Waals surface area (Å²) in [5, 5.41) is 10.9. The van der Waals surface area contributed by atoms with Crippen LogP contribution in [0.4, 0.5) is 17.6 Å². The van der Waals surface area contributed by atoms with Crippen LogP contribution in [0.1, 0.15) is 43.0 Å². The molecule has 38 heavy (non-hydrogen) atoms. The van der Waals surface area contributed by atoms with Crippen LogP contribution in [0.25, 0.3) is 10.9 Å². The topological polar surface area (TPSA) is 71.6 Å². The Bertz CT molecular complexity index is 1230. The zero-order valence-corrected chi connectivity index (χ0v) is 22.2. The predicted octanol–water partition coefficient (Wildman–Crippen LogP) is 5.78. The molecule has 0 radical (unpaired) electrons. The number of pyridine rings is 1. The first-order valence-corrected chi connectivity index (χ1v) is 13.7. The number of ether oxygens (including phenoxy) is 1. The zero-order valence-electron chi connectivity index (χ0n) is 21.4. The molecule has 1 fully saturated rings. The van der Waals surface area contributed by atoms with E-state index >= 15 is 4.39 Å². The number of nitrogens with zero attached hydrogens (tertiary/aromatic N) is 2. The van der Waals surface area contributed by atoms with Gasteiger partial charge >= 0.3 is 0 Å². The predicted molar refractivity (Wildman–Crippen MR) is 142 cm³/mol. The molecule has 0 saturated carbocycles. The van der Waals surface area contributed by atoms with Gasteiger partial charge in [0.2, 0.25) is 0 Å². The minimum atomic E-state index is -1.46. The van der Waals surface area contributed by atoms with E-state index in [0.29, 0.717) is 51.4 Å². The smallest absolute Gasteiger partial charge is 0.194 e. The van der Waals surface area contributed by atoms with Gasteiger partial charge in [-0.15, -0.1) is 11.8 Å². The Kier molecular flexibility index (Phi) is 9.51. The second-order valence-electron chi connectivity index (χ2n) is 9.84. The maximum Gasteiger partial charge on any atom is 0.194 e. The molecule has 3 aromatic rings. The number of hydrogen-bond donors (Lipinski definition) is 2. The number of rotatable bonds is 11. The van der Waals surface area contributed by atoms with Gasteiger partial charge < -0.3 is 20.5 Å². The van der Waals surface area contributed by atoms with Crippen molar-refractivity contribution in [3.63, 3.8) is 0 Å². The second kappa shape index (κ2) is 12.6. The molecule has 4 rings (SSSR count). The Morgan fingerprint density at radius 3 is 2.50 bits per heavy atom. The molecule has 206 valence electrons. The van der Waals surface area contributed by atoms with E-state index < -0.39 is 23.6 Å². The van der Waals surface area contributed by atoms with E-state index in [0.717, 1.165) is 38.1 Å². The van der Waals surface area contributed by atoms with E-state index in [1.54, 1.807) is 31.5 Å². The maximum absolute atomic E-state index is 15.8. The number of aliphatic hydroxyl groups is 1. The lowest BCUT2D eigenvalue weighted by Crippen LogP contribution is -2.42. The van der Waals surface area contributed by atoms with Crippen molar-refractivity contribution in [1.82, 2.24) is 9.88 Å². The van der Waals surface area contributed by atoms with Crippen LogP contribution in [0.3, 0.4) is 0 Å². The van der Waals surface area contributed by atoms with Gasteiger partial charge in [-0.2, -0.15) is 0 Å². The monoisotopic (exact) mass is 551 g/mol. The third-order valence-corrected chi connectivity index (χ3v) is 8.50. The maximum atomic E-state index is 15.8. The highest BCUT2D eigenvalue weighted by atomic mass is 32.2. The third-order valence-electron chi connectivity index (χ3n) is 7.55. The largest absolute Gasteiger partial charge is 0.497 e. The van der Waals surface area contributed by atoms with Gasteiger partial charge in [-0.05, 0) is 80.1 Å². The average molecular weight is 552 g/mol. The molecule has 1 aliphatic heterocycles. The first-order chi connectivity index (χ1) is 18.3. The lowest BCUT2D eigenvalue weighted by atomic mass is 9.74. The van der Waals surface area contributed by atoms with Crippen LogP contribution >= 0.6 is 11.8 Å². The van der Waals surface area contributed by atoms with Crippen LogP contribution in [0.2, 0.25) is 0 Å². The molecule has 0 aliphatic carbocycles. The van der Waals surface area contributed by atoms with Gasteiger partial charge in [-0.25, -0.2) is 17.6 Å². The zero-order chi connectivity index (χ0) is 27.3. The Hall–Kier alpha value is -2.40. The highest BCUT2D eigenvalue weighted by Gasteiger charge is 2.35.